The van der Waals surface area contributed by atoms with Gasteiger partial charge in [-0.25, -0.2) is 0 Å². The van der Waals surface area contributed by atoms with E-state index in [2.05, 4.69) is 5.10 Å². The predicted octanol–water partition coefficient (Wildman–Crippen LogP) is 0.686. The summed E-state index contributed by atoms with van der Waals surface area (Å²) >= 11 is 0. The Bertz CT molecular complexity index is 510. The van der Waals surface area contributed by atoms with Crippen LogP contribution in [0.3, 0.4) is 0 Å². The molecule has 22 heavy (non-hydrogen) atoms. The fourth-order valence-electron chi connectivity index (χ4n) is 2.29. The number of hydrogen-bond acceptors (Lipinski definition) is 4. The first kappa shape index (κ1) is 16.8. The standard InChI is InChI=1S/C13H18F3N3O3/c14-13(15,16)12-10(2-1-5-20)8-19(17-12)9-11(21)18-3-6-22-7-4-18/h8,20H,1-7,9H2. The van der Waals surface area contributed by atoms with Crippen LogP contribution in [0.4, 0.5) is 13.2 Å². The Morgan fingerprint density at radius 2 is 2.05 bits per heavy atom. The Kier molecular flexibility index (Phi) is 5.41. The first-order valence-electron chi connectivity index (χ1n) is 7.01. The van der Waals surface area contributed by atoms with E-state index in [4.69, 9.17) is 9.84 Å². The molecule has 1 aliphatic rings. The van der Waals surface area contributed by atoms with Crippen molar-refractivity contribution in [3.05, 3.63) is 17.5 Å². The average Bonchev–Trinajstić information content (AvgIpc) is 2.89. The molecule has 9 heteroatoms. The van der Waals surface area contributed by atoms with Gasteiger partial charge in [0.1, 0.15) is 6.54 Å². The molecule has 0 aliphatic carbocycles. The lowest BCUT2D eigenvalue weighted by molar-refractivity contribution is -0.143. The number of rotatable bonds is 5. The molecule has 0 radical (unpaired) electrons. The topological polar surface area (TPSA) is 67.6 Å². The Hall–Kier alpha value is -1.61. The van der Waals surface area contributed by atoms with Crippen molar-refractivity contribution in [2.24, 2.45) is 0 Å². The predicted molar refractivity (Wildman–Crippen MR) is 70.0 cm³/mol. The second kappa shape index (κ2) is 7.10. The number of halogens is 3. The van der Waals surface area contributed by atoms with Gasteiger partial charge in [0, 0.05) is 31.5 Å². The number of carbonyl (C=O) groups excluding carboxylic acids is 1. The van der Waals surface area contributed by atoms with Gasteiger partial charge in [0.15, 0.2) is 5.69 Å². The number of aryl methyl sites for hydroxylation is 1. The van der Waals surface area contributed by atoms with Crippen LogP contribution in [-0.2, 0) is 28.7 Å². The Labute approximate surface area is 125 Å². The maximum atomic E-state index is 12.9. The SMILES string of the molecule is O=C(Cn1cc(CCCO)c(C(F)(F)F)n1)N1CCOCC1. The van der Waals surface area contributed by atoms with E-state index in [1.807, 2.05) is 0 Å². The van der Waals surface area contributed by atoms with E-state index in [1.54, 1.807) is 4.90 Å². The van der Waals surface area contributed by atoms with Gasteiger partial charge in [-0.05, 0) is 12.8 Å². The molecule has 6 nitrogen and oxygen atoms in total. The van der Waals surface area contributed by atoms with Crippen molar-refractivity contribution in [1.82, 2.24) is 14.7 Å². The van der Waals surface area contributed by atoms with Gasteiger partial charge in [-0.3, -0.25) is 9.48 Å². The molecule has 124 valence electrons. The molecule has 2 rings (SSSR count). The summed E-state index contributed by atoms with van der Waals surface area (Å²) in [6, 6.07) is 0. The summed E-state index contributed by atoms with van der Waals surface area (Å²) in [4.78, 5) is 13.6. The van der Waals surface area contributed by atoms with Crippen molar-refractivity contribution in [3.8, 4) is 0 Å². The van der Waals surface area contributed by atoms with Crippen molar-refractivity contribution >= 4 is 5.91 Å². The highest BCUT2D eigenvalue weighted by atomic mass is 19.4. The molecular formula is C13H18F3N3O3. The number of amides is 1. The van der Waals surface area contributed by atoms with E-state index < -0.39 is 11.9 Å². The molecule has 1 saturated heterocycles. The first-order valence-corrected chi connectivity index (χ1v) is 7.01. The van der Waals surface area contributed by atoms with Gasteiger partial charge in [-0.2, -0.15) is 18.3 Å². The molecule has 0 aromatic carbocycles. The van der Waals surface area contributed by atoms with E-state index in [-0.39, 0.29) is 37.5 Å². The fraction of sp³-hybridized carbons (Fsp3) is 0.692. The van der Waals surface area contributed by atoms with Crippen molar-refractivity contribution < 1.29 is 27.8 Å². The van der Waals surface area contributed by atoms with Gasteiger partial charge < -0.3 is 14.7 Å². The Balaban J connectivity index is 2.10. The zero-order valence-corrected chi connectivity index (χ0v) is 12.0. The van der Waals surface area contributed by atoms with Crippen molar-refractivity contribution in [2.75, 3.05) is 32.9 Å². The van der Waals surface area contributed by atoms with E-state index in [1.165, 1.54) is 6.20 Å². The van der Waals surface area contributed by atoms with Crippen molar-refractivity contribution in [1.29, 1.82) is 0 Å². The van der Waals surface area contributed by atoms with Gasteiger partial charge >= 0.3 is 6.18 Å². The number of morpholine rings is 1. The monoisotopic (exact) mass is 321 g/mol. The summed E-state index contributed by atoms with van der Waals surface area (Å²) in [5.41, 5.74) is -0.993. The third kappa shape index (κ3) is 4.20. The highest BCUT2D eigenvalue weighted by molar-refractivity contribution is 5.76. The quantitative estimate of drug-likeness (QED) is 0.866. The van der Waals surface area contributed by atoms with Gasteiger partial charge in [0.05, 0.1) is 13.2 Å². The summed E-state index contributed by atoms with van der Waals surface area (Å²) in [6.07, 6.45) is -3.06. The lowest BCUT2D eigenvalue weighted by Gasteiger charge is -2.26. The van der Waals surface area contributed by atoms with E-state index in [0.717, 1.165) is 4.68 Å². The van der Waals surface area contributed by atoms with Crippen LogP contribution in [0.1, 0.15) is 17.7 Å². The molecule has 1 aliphatic heterocycles. The van der Waals surface area contributed by atoms with Crippen LogP contribution in [0.15, 0.2) is 6.20 Å². The van der Waals surface area contributed by atoms with Gasteiger partial charge in [-0.15, -0.1) is 0 Å². The van der Waals surface area contributed by atoms with E-state index in [0.29, 0.717) is 26.3 Å². The third-order valence-electron chi connectivity index (χ3n) is 3.37. The number of aliphatic hydroxyl groups is 1. The number of carbonyl (C=O) groups is 1. The van der Waals surface area contributed by atoms with Crippen LogP contribution >= 0.6 is 0 Å². The fourth-order valence-corrected chi connectivity index (χ4v) is 2.29. The smallest absolute Gasteiger partial charge is 0.396 e. The zero-order valence-electron chi connectivity index (χ0n) is 12.0. The summed E-state index contributed by atoms with van der Waals surface area (Å²) in [5.74, 6) is -0.284. The minimum absolute atomic E-state index is 0.00340. The number of nitrogens with zero attached hydrogens (tertiary/aromatic N) is 3. The van der Waals surface area contributed by atoms with Crippen LogP contribution in [0.25, 0.3) is 0 Å². The Morgan fingerprint density at radius 3 is 2.64 bits per heavy atom. The second-order valence-corrected chi connectivity index (χ2v) is 5.02. The van der Waals surface area contributed by atoms with E-state index >= 15 is 0 Å². The second-order valence-electron chi connectivity index (χ2n) is 5.02. The molecule has 1 N–H and O–H groups in total. The van der Waals surface area contributed by atoms with Crippen molar-refractivity contribution in [2.45, 2.75) is 25.6 Å². The largest absolute Gasteiger partial charge is 0.435 e. The summed E-state index contributed by atoms with van der Waals surface area (Å²) in [6.45, 7) is 1.30. The summed E-state index contributed by atoms with van der Waals surface area (Å²) in [7, 11) is 0. The minimum atomic E-state index is -4.57. The molecular weight excluding hydrogens is 303 g/mol. The van der Waals surface area contributed by atoms with Crippen LogP contribution < -0.4 is 0 Å². The van der Waals surface area contributed by atoms with Crippen LogP contribution in [0, 0.1) is 0 Å². The maximum absolute atomic E-state index is 12.9. The normalized spacial score (nSPS) is 16.1. The van der Waals surface area contributed by atoms with Gasteiger partial charge in [-0.1, -0.05) is 0 Å². The zero-order chi connectivity index (χ0) is 16.2. The lowest BCUT2D eigenvalue weighted by atomic mass is 10.1. The molecule has 1 fully saturated rings. The van der Waals surface area contributed by atoms with Gasteiger partial charge in [0.2, 0.25) is 5.91 Å². The molecule has 1 amide bonds. The molecule has 0 atom stereocenters. The van der Waals surface area contributed by atoms with Crippen LogP contribution in [0.5, 0.6) is 0 Å². The third-order valence-corrected chi connectivity index (χ3v) is 3.37. The number of aliphatic hydroxyl groups excluding tert-OH is 1. The first-order chi connectivity index (χ1) is 10.4. The summed E-state index contributed by atoms with van der Waals surface area (Å²) < 4.78 is 44.9. The number of aromatic nitrogens is 2. The number of ether oxygens (including phenoxy) is 1. The Morgan fingerprint density at radius 1 is 1.36 bits per heavy atom. The minimum Gasteiger partial charge on any atom is -0.396 e. The van der Waals surface area contributed by atoms with Crippen molar-refractivity contribution in [3.63, 3.8) is 0 Å². The number of alkyl halides is 3. The maximum Gasteiger partial charge on any atom is 0.435 e. The molecule has 0 unspecified atom stereocenters. The molecule has 1 aromatic heterocycles. The molecule has 1 aromatic rings. The van der Waals surface area contributed by atoms with Crippen LogP contribution in [0.2, 0.25) is 0 Å². The lowest BCUT2D eigenvalue weighted by Crippen LogP contribution is -2.42. The molecule has 0 spiro atoms. The van der Waals surface area contributed by atoms with E-state index in [9.17, 15) is 18.0 Å². The molecule has 0 saturated carbocycles. The van der Waals surface area contributed by atoms with Crippen LogP contribution in [-0.4, -0.2) is 58.6 Å². The summed E-state index contributed by atoms with van der Waals surface area (Å²) in [5, 5.41) is 12.3. The number of hydrogen-bond donors (Lipinski definition) is 1. The highest BCUT2D eigenvalue weighted by Crippen LogP contribution is 2.31. The van der Waals surface area contributed by atoms with Gasteiger partial charge in [0.25, 0.3) is 0 Å². The highest BCUT2D eigenvalue weighted by Gasteiger charge is 2.37. The molecule has 0 bridgehead atoms. The molecule has 2 heterocycles. The average molecular weight is 321 g/mol.